The van der Waals surface area contributed by atoms with E-state index in [1.165, 1.54) is 0 Å². The Balaban J connectivity index is 2.10. The monoisotopic (exact) mass is 276 g/mol. The Morgan fingerprint density at radius 1 is 1.53 bits per heavy atom. The lowest BCUT2D eigenvalue weighted by atomic mass is 10.3. The van der Waals surface area contributed by atoms with E-state index in [0.717, 1.165) is 33.8 Å². The van der Waals surface area contributed by atoms with Crippen molar-refractivity contribution < 1.29 is 4.74 Å². The molecule has 0 bridgehead atoms. The summed E-state index contributed by atoms with van der Waals surface area (Å²) < 4.78 is 7.05. The van der Waals surface area contributed by atoms with Crippen LogP contribution in [0.25, 0.3) is 11.0 Å². The molecule has 0 radical (unpaired) electrons. The number of nitrogens with zero attached hydrogens (tertiary/aromatic N) is 2. The summed E-state index contributed by atoms with van der Waals surface area (Å²) in [6, 6.07) is 5.58. The van der Waals surface area contributed by atoms with E-state index in [2.05, 4.69) is 9.97 Å². The number of methoxy groups -OCH3 is 1. The summed E-state index contributed by atoms with van der Waals surface area (Å²) in [6.07, 6.45) is 0. The van der Waals surface area contributed by atoms with Crippen LogP contribution in [-0.4, -0.2) is 21.6 Å². The highest BCUT2D eigenvalue weighted by molar-refractivity contribution is 7.07. The molecule has 0 saturated heterocycles. The van der Waals surface area contributed by atoms with Crippen molar-refractivity contribution in [3.05, 3.63) is 38.9 Å². The van der Waals surface area contributed by atoms with Crippen molar-refractivity contribution in [2.24, 2.45) is 0 Å². The van der Waals surface area contributed by atoms with Crippen LogP contribution in [0, 0.1) is 0 Å². The Hall–Kier alpha value is -2.28. The summed E-state index contributed by atoms with van der Waals surface area (Å²) in [5.74, 6) is 1.16. The topological polar surface area (TPSA) is 85.9 Å². The number of imidazole rings is 1. The molecule has 2 heterocycles. The molecule has 1 aromatic carbocycles. The number of H-pyrrole nitrogens is 1. The number of fused-ring (bicyclic) bond motifs is 1. The molecule has 3 N–H and O–H groups in total. The molecule has 0 amide bonds. The number of rotatable bonds is 3. The average Bonchev–Trinajstić information content (AvgIpc) is 2.94. The van der Waals surface area contributed by atoms with E-state index in [0.29, 0.717) is 12.5 Å². The highest BCUT2D eigenvalue weighted by atomic mass is 32.1. The average molecular weight is 276 g/mol. The predicted molar refractivity (Wildman–Crippen MR) is 74.7 cm³/mol. The number of benzene rings is 1. The van der Waals surface area contributed by atoms with Crippen LogP contribution in [0.4, 0.5) is 5.95 Å². The number of aromatic amines is 1. The standard InChI is InChI=1S/C12H12N4O2S/c1-18-8-2-3-9-10(4-8)16(11(13)15-9)5-7-6-19-12(17)14-7/h2-4,6H,5H2,1H3,(H2,13,15)(H,14,17). The van der Waals surface area contributed by atoms with Crippen LogP contribution < -0.4 is 15.3 Å². The number of nitrogens with one attached hydrogen (secondary N) is 1. The Morgan fingerprint density at radius 2 is 2.37 bits per heavy atom. The van der Waals surface area contributed by atoms with Crippen molar-refractivity contribution in [3.8, 4) is 5.75 Å². The number of hydrogen-bond acceptors (Lipinski definition) is 5. The third-order valence-electron chi connectivity index (χ3n) is 2.88. The van der Waals surface area contributed by atoms with Gasteiger partial charge in [-0.25, -0.2) is 4.98 Å². The first-order chi connectivity index (χ1) is 9.17. The quantitative estimate of drug-likeness (QED) is 0.757. The maximum absolute atomic E-state index is 11.2. The van der Waals surface area contributed by atoms with Gasteiger partial charge >= 0.3 is 4.87 Å². The van der Waals surface area contributed by atoms with Crippen molar-refractivity contribution in [2.45, 2.75) is 6.54 Å². The molecule has 0 aliphatic carbocycles. The summed E-state index contributed by atoms with van der Waals surface area (Å²) in [4.78, 5) is 18.1. The summed E-state index contributed by atoms with van der Waals surface area (Å²) >= 11 is 1.13. The molecule has 6 nitrogen and oxygen atoms in total. The SMILES string of the molecule is COc1ccc2nc(N)n(Cc3csc(=O)[nH]3)c2c1. The van der Waals surface area contributed by atoms with Gasteiger partial charge in [-0.2, -0.15) is 0 Å². The van der Waals surface area contributed by atoms with Crippen molar-refractivity contribution in [1.82, 2.24) is 14.5 Å². The Bertz CT molecular complexity index is 786. The molecule has 0 aliphatic heterocycles. The number of aromatic nitrogens is 3. The third-order valence-corrected chi connectivity index (χ3v) is 3.60. The smallest absolute Gasteiger partial charge is 0.304 e. The number of hydrogen-bond donors (Lipinski definition) is 2. The van der Waals surface area contributed by atoms with Gasteiger partial charge in [-0.3, -0.25) is 4.79 Å². The van der Waals surface area contributed by atoms with Gasteiger partial charge in [0.15, 0.2) is 0 Å². The van der Waals surface area contributed by atoms with E-state index in [4.69, 9.17) is 10.5 Å². The predicted octanol–water partition coefficient (Wildman–Crippen LogP) is 1.43. The summed E-state index contributed by atoms with van der Waals surface area (Å²) in [5, 5.41) is 1.79. The van der Waals surface area contributed by atoms with E-state index in [9.17, 15) is 4.79 Å². The highest BCUT2D eigenvalue weighted by Crippen LogP contribution is 2.23. The van der Waals surface area contributed by atoms with Gasteiger partial charge in [-0.15, -0.1) is 0 Å². The highest BCUT2D eigenvalue weighted by Gasteiger charge is 2.10. The largest absolute Gasteiger partial charge is 0.497 e. The first-order valence-electron chi connectivity index (χ1n) is 5.64. The molecular formula is C12H12N4O2S. The van der Waals surface area contributed by atoms with E-state index >= 15 is 0 Å². The zero-order valence-electron chi connectivity index (χ0n) is 10.2. The minimum Gasteiger partial charge on any atom is -0.497 e. The molecule has 0 fully saturated rings. The Labute approximate surface area is 112 Å². The maximum atomic E-state index is 11.2. The van der Waals surface area contributed by atoms with Crippen LogP contribution in [0.3, 0.4) is 0 Å². The molecular weight excluding hydrogens is 264 g/mol. The van der Waals surface area contributed by atoms with Crippen molar-refractivity contribution in [2.75, 3.05) is 12.8 Å². The Kier molecular flexibility index (Phi) is 2.75. The molecule has 0 unspecified atom stereocenters. The van der Waals surface area contributed by atoms with Gasteiger partial charge in [0.2, 0.25) is 5.95 Å². The number of nitrogens with two attached hydrogens (primary N) is 1. The molecule has 0 atom stereocenters. The zero-order valence-corrected chi connectivity index (χ0v) is 11.0. The lowest BCUT2D eigenvalue weighted by Crippen LogP contribution is -2.06. The lowest BCUT2D eigenvalue weighted by Gasteiger charge is -2.05. The molecule has 3 aromatic rings. The fourth-order valence-electron chi connectivity index (χ4n) is 1.98. The minimum atomic E-state index is -0.0735. The van der Waals surface area contributed by atoms with Gasteiger partial charge in [0.25, 0.3) is 0 Å². The number of anilines is 1. The van der Waals surface area contributed by atoms with Crippen molar-refractivity contribution in [3.63, 3.8) is 0 Å². The minimum absolute atomic E-state index is 0.0735. The van der Waals surface area contributed by atoms with E-state index in [1.54, 1.807) is 12.5 Å². The first kappa shape index (κ1) is 11.8. The fraction of sp³-hybridized carbons (Fsp3) is 0.167. The molecule has 0 spiro atoms. The third kappa shape index (κ3) is 2.08. The first-order valence-corrected chi connectivity index (χ1v) is 6.52. The Morgan fingerprint density at radius 3 is 3.05 bits per heavy atom. The zero-order chi connectivity index (χ0) is 13.4. The number of ether oxygens (including phenoxy) is 1. The molecule has 0 aliphatic rings. The van der Waals surface area contributed by atoms with Gasteiger partial charge in [-0.1, -0.05) is 11.3 Å². The second-order valence-corrected chi connectivity index (χ2v) is 4.93. The normalized spacial score (nSPS) is 11.0. The van der Waals surface area contributed by atoms with Gasteiger partial charge in [-0.05, 0) is 12.1 Å². The van der Waals surface area contributed by atoms with Gasteiger partial charge in [0, 0.05) is 17.1 Å². The summed E-state index contributed by atoms with van der Waals surface area (Å²) in [5.41, 5.74) is 8.41. The maximum Gasteiger partial charge on any atom is 0.304 e. The second-order valence-electron chi connectivity index (χ2n) is 4.08. The van der Waals surface area contributed by atoms with Crippen LogP contribution in [0.15, 0.2) is 28.4 Å². The lowest BCUT2D eigenvalue weighted by molar-refractivity contribution is 0.415. The fourth-order valence-corrected chi connectivity index (χ4v) is 2.55. The van der Waals surface area contributed by atoms with E-state index in [1.807, 2.05) is 22.8 Å². The number of nitrogen functional groups attached to an aromatic ring is 1. The molecule has 2 aromatic heterocycles. The second kappa shape index (κ2) is 4.43. The van der Waals surface area contributed by atoms with Crippen LogP contribution in [0.2, 0.25) is 0 Å². The van der Waals surface area contributed by atoms with Gasteiger partial charge in [0.05, 0.1) is 24.7 Å². The van der Waals surface area contributed by atoms with Crippen LogP contribution in [0.1, 0.15) is 5.69 Å². The molecule has 19 heavy (non-hydrogen) atoms. The molecule has 3 rings (SSSR count). The van der Waals surface area contributed by atoms with E-state index < -0.39 is 0 Å². The van der Waals surface area contributed by atoms with Crippen LogP contribution in [-0.2, 0) is 6.54 Å². The molecule has 98 valence electrons. The van der Waals surface area contributed by atoms with E-state index in [-0.39, 0.29) is 4.87 Å². The van der Waals surface area contributed by atoms with Crippen molar-refractivity contribution in [1.29, 1.82) is 0 Å². The van der Waals surface area contributed by atoms with Crippen LogP contribution in [0.5, 0.6) is 5.75 Å². The van der Waals surface area contributed by atoms with Gasteiger partial charge in [0.1, 0.15) is 5.75 Å². The molecule has 7 heteroatoms. The van der Waals surface area contributed by atoms with Gasteiger partial charge < -0.3 is 20.0 Å². The van der Waals surface area contributed by atoms with Crippen LogP contribution >= 0.6 is 11.3 Å². The summed E-state index contributed by atoms with van der Waals surface area (Å²) in [7, 11) is 1.61. The number of thiazole rings is 1. The van der Waals surface area contributed by atoms with Crippen molar-refractivity contribution >= 4 is 28.3 Å². The molecule has 0 saturated carbocycles. The summed E-state index contributed by atoms with van der Waals surface area (Å²) in [6.45, 7) is 0.480.